The highest BCUT2D eigenvalue weighted by molar-refractivity contribution is 5.94. The zero-order valence-electron chi connectivity index (χ0n) is 10.1. The van der Waals surface area contributed by atoms with Crippen LogP contribution in [-0.2, 0) is 0 Å². The molecular formula is C13H19FN2O. The second-order valence-electron chi connectivity index (χ2n) is 4.04. The molecule has 0 aliphatic carbocycles. The largest absolute Gasteiger partial charge is 0.352 e. The van der Waals surface area contributed by atoms with Gasteiger partial charge in [0.1, 0.15) is 5.82 Å². The Morgan fingerprint density at radius 1 is 1.35 bits per heavy atom. The van der Waals surface area contributed by atoms with Crippen molar-refractivity contribution in [3.63, 3.8) is 0 Å². The van der Waals surface area contributed by atoms with Crippen molar-refractivity contribution >= 4 is 5.91 Å². The Labute approximate surface area is 101 Å². The fourth-order valence-corrected chi connectivity index (χ4v) is 1.57. The minimum Gasteiger partial charge on any atom is -0.352 e. The van der Waals surface area contributed by atoms with E-state index in [1.807, 2.05) is 0 Å². The maximum Gasteiger partial charge on any atom is 0.254 e. The lowest BCUT2D eigenvalue weighted by molar-refractivity contribution is 0.0949. The van der Waals surface area contributed by atoms with Crippen LogP contribution in [0.1, 0.15) is 35.2 Å². The van der Waals surface area contributed by atoms with Crippen molar-refractivity contribution in [1.29, 1.82) is 0 Å². The molecule has 0 fully saturated rings. The van der Waals surface area contributed by atoms with Crippen LogP contribution in [-0.4, -0.2) is 19.0 Å². The zero-order valence-corrected chi connectivity index (χ0v) is 10.1. The molecule has 0 aromatic heterocycles. The van der Waals surface area contributed by atoms with Crippen molar-refractivity contribution in [2.45, 2.75) is 26.2 Å². The first-order valence-electron chi connectivity index (χ1n) is 5.90. The van der Waals surface area contributed by atoms with E-state index in [2.05, 4.69) is 5.32 Å². The predicted molar refractivity (Wildman–Crippen MR) is 66.4 cm³/mol. The lowest BCUT2D eigenvalue weighted by Crippen LogP contribution is -2.25. The summed E-state index contributed by atoms with van der Waals surface area (Å²) in [5.41, 5.74) is 5.96. The summed E-state index contributed by atoms with van der Waals surface area (Å²) in [6, 6.07) is 4.83. The number of rotatable bonds is 6. The number of benzene rings is 1. The Balaban J connectivity index is 2.44. The highest BCUT2D eigenvalue weighted by Gasteiger charge is 2.11. The molecule has 0 saturated heterocycles. The number of hydrogen-bond donors (Lipinski definition) is 2. The quantitative estimate of drug-likeness (QED) is 0.745. The summed E-state index contributed by atoms with van der Waals surface area (Å²) < 4.78 is 13.6. The van der Waals surface area contributed by atoms with Gasteiger partial charge in [0.15, 0.2) is 0 Å². The molecule has 1 aromatic carbocycles. The number of carbonyl (C=O) groups excluding carboxylic acids is 1. The molecule has 1 aromatic rings. The van der Waals surface area contributed by atoms with Crippen LogP contribution in [0.3, 0.4) is 0 Å². The molecule has 0 atom stereocenters. The van der Waals surface area contributed by atoms with Crippen molar-refractivity contribution in [2.75, 3.05) is 13.1 Å². The zero-order chi connectivity index (χ0) is 12.7. The van der Waals surface area contributed by atoms with Crippen molar-refractivity contribution in [2.24, 2.45) is 5.73 Å². The normalized spacial score (nSPS) is 10.3. The van der Waals surface area contributed by atoms with Gasteiger partial charge >= 0.3 is 0 Å². The number of halogens is 1. The molecule has 17 heavy (non-hydrogen) atoms. The number of nitrogens with one attached hydrogen (secondary N) is 1. The molecule has 0 radical (unpaired) electrons. The summed E-state index contributed by atoms with van der Waals surface area (Å²) in [4.78, 5) is 11.7. The summed E-state index contributed by atoms with van der Waals surface area (Å²) >= 11 is 0. The van der Waals surface area contributed by atoms with Crippen LogP contribution < -0.4 is 11.1 Å². The second kappa shape index (κ2) is 7.01. The average Bonchev–Trinajstić information content (AvgIpc) is 2.32. The number of unbranched alkanes of at least 4 members (excludes halogenated alkanes) is 2. The van der Waals surface area contributed by atoms with Crippen LogP contribution in [0.4, 0.5) is 4.39 Å². The minimum absolute atomic E-state index is 0.115. The van der Waals surface area contributed by atoms with Crippen LogP contribution in [0.25, 0.3) is 0 Å². The van der Waals surface area contributed by atoms with Gasteiger partial charge in [0.05, 0.1) is 5.56 Å². The lowest BCUT2D eigenvalue weighted by atomic mass is 10.1. The summed E-state index contributed by atoms with van der Waals surface area (Å²) in [6.45, 7) is 2.88. The molecule has 0 aliphatic rings. The highest BCUT2D eigenvalue weighted by atomic mass is 19.1. The van der Waals surface area contributed by atoms with Gasteiger partial charge in [-0.2, -0.15) is 0 Å². The van der Waals surface area contributed by atoms with E-state index in [0.717, 1.165) is 19.3 Å². The molecule has 1 rings (SSSR count). The van der Waals surface area contributed by atoms with Crippen LogP contribution >= 0.6 is 0 Å². The molecular weight excluding hydrogens is 219 g/mol. The fourth-order valence-electron chi connectivity index (χ4n) is 1.57. The van der Waals surface area contributed by atoms with E-state index in [0.29, 0.717) is 18.7 Å². The minimum atomic E-state index is -0.438. The molecule has 0 bridgehead atoms. The van der Waals surface area contributed by atoms with E-state index >= 15 is 0 Å². The van der Waals surface area contributed by atoms with Crippen molar-refractivity contribution in [3.8, 4) is 0 Å². The van der Waals surface area contributed by atoms with Crippen molar-refractivity contribution in [3.05, 3.63) is 35.1 Å². The number of hydrogen-bond acceptors (Lipinski definition) is 2. The van der Waals surface area contributed by atoms with E-state index in [-0.39, 0.29) is 11.5 Å². The molecule has 0 spiro atoms. The molecule has 0 saturated carbocycles. The SMILES string of the molecule is Cc1cccc(C(=O)NCCCCCN)c1F. The van der Waals surface area contributed by atoms with Gasteiger partial charge in [0, 0.05) is 6.54 Å². The van der Waals surface area contributed by atoms with Crippen LogP contribution in [0.5, 0.6) is 0 Å². The van der Waals surface area contributed by atoms with Gasteiger partial charge in [0.25, 0.3) is 5.91 Å². The van der Waals surface area contributed by atoms with Gasteiger partial charge in [-0.3, -0.25) is 4.79 Å². The standard InChI is InChI=1S/C13H19FN2O/c1-10-6-5-7-11(12(10)14)13(17)16-9-4-2-3-8-15/h5-7H,2-4,8-9,15H2,1H3,(H,16,17). The molecule has 3 nitrogen and oxygen atoms in total. The van der Waals surface area contributed by atoms with E-state index in [1.165, 1.54) is 6.07 Å². The smallest absolute Gasteiger partial charge is 0.254 e. The van der Waals surface area contributed by atoms with Gasteiger partial charge in [0.2, 0.25) is 0 Å². The van der Waals surface area contributed by atoms with Gasteiger partial charge in [-0.15, -0.1) is 0 Å². The van der Waals surface area contributed by atoms with Crippen LogP contribution in [0.2, 0.25) is 0 Å². The number of carbonyl (C=O) groups is 1. The van der Waals surface area contributed by atoms with Gasteiger partial charge in [-0.1, -0.05) is 18.6 Å². The topological polar surface area (TPSA) is 55.1 Å². The second-order valence-corrected chi connectivity index (χ2v) is 4.04. The first-order valence-corrected chi connectivity index (χ1v) is 5.90. The third kappa shape index (κ3) is 4.15. The number of amides is 1. The number of aryl methyl sites for hydroxylation is 1. The van der Waals surface area contributed by atoms with Crippen LogP contribution in [0.15, 0.2) is 18.2 Å². The predicted octanol–water partition coefficient (Wildman–Crippen LogP) is 1.99. The molecule has 0 unspecified atom stereocenters. The maximum absolute atomic E-state index is 13.6. The first kappa shape index (κ1) is 13.6. The molecule has 0 aliphatic heterocycles. The Morgan fingerprint density at radius 2 is 2.12 bits per heavy atom. The summed E-state index contributed by atoms with van der Waals surface area (Å²) in [7, 11) is 0. The van der Waals surface area contributed by atoms with Gasteiger partial charge in [-0.25, -0.2) is 4.39 Å². The number of nitrogens with two attached hydrogens (primary N) is 1. The van der Waals surface area contributed by atoms with E-state index in [4.69, 9.17) is 5.73 Å². The van der Waals surface area contributed by atoms with Crippen molar-refractivity contribution in [1.82, 2.24) is 5.32 Å². The van der Waals surface area contributed by atoms with Crippen LogP contribution in [0, 0.1) is 12.7 Å². The Bertz CT molecular complexity index is 380. The summed E-state index contributed by atoms with van der Waals surface area (Å²) in [5, 5.41) is 2.71. The third-order valence-corrected chi connectivity index (χ3v) is 2.60. The van der Waals surface area contributed by atoms with E-state index < -0.39 is 5.82 Å². The van der Waals surface area contributed by atoms with Gasteiger partial charge in [-0.05, 0) is 37.9 Å². The average molecular weight is 238 g/mol. The fraction of sp³-hybridized carbons (Fsp3) is 0.462. The summed E-state index contributed by atoms with van der Waals surface area (Å²) in [5.74, 6) is -0.786. The molecule has 0 heterocycles. The Kier molecular flexibility index (Phi) is 5.63. The lowest BCUT2D eigenvalue weighted by Gasteiger charge is -2.07. The summed E-state index contributed by atoms with van der Waals surface area (Å²) in [6.07, 6.45) is 2.80. The molecule has 4 heteroatoms. The molecule has 1 amide bonds. The maximum atomic E-state index is 13.6. The highest BCUT2D eigenvalue weighted by Crippen LogP contribution is 2.11. The van der Waals surface area contributed by atoms with Gasteiger partial charge < -0.3 is 11.1 Å². The Morgan fingerprint density at radius 3 is 2.82 bits per heavy atom. The van der Waals surface area contributed by atoms with E-state index in [9.17, 15) is 9.18 Å². The third-order valence-electron chi connectivity index (χ3n) is 2.60. The monoisotopic (exact) mass is 238 g/mol. The Hall–Kier alpha value is -1.42. The first-order chi connectivity index (χ1) is 8.16. The van der Waals surface area contributed by atoms with E-state index in [1.54, 1.807) is 19.1 Å². The molecule has 94 valence electrons. The molecule has 3 N–H and O–H groups in total. The van der Waals surface area contributed by atoms with Crippen molar-refractivity contribution < 1.29 is 9.18 Å².